The topological polar surface area (TPSA) is 72.3 Å². The first kappa shape index (κ1) is 22.0. The molecule has 0 amide bonds. The molecule has 166 valence electrons. The van der Waals surface area contributed by atoms with Gasteiger partial charge in [-0.05, 0) is 35.9 Å². The number of thioether (sulfide) groups is 1. The summed E-state index contributed by atoms with van der Waals surface area (Å²) in [4.78, 5) is 19.9. The van der Waals surface area contributed by atoms with E-state index >= 15 is 0 Å². The van der Waals surface area contributed by atoms with Crippen LogP contribution in [0, 0.1) is 0 Å². The number of aromatic nitrogens is 3. The Balaban J connectivity index is 1.70. The maximum Gasteiger partial charge on any atom is 0.338 e. The fraction of sp³-hybridized carbons (Fsp3) is 0.292. The van der Waals surface area contributed by atoms with Crippen LogP contribution in [-0.4, -0.2) is 40.6 Å². The van der Waals surface area contributed by atoms with Gasteiger partial charge in [-0.1, -0.05) is 61.2 Å². The van der Waals surface area contributed by atoms with Gasteiger partial charge in [0.15, 0.2) is 0 Å². The number of fused-ring (bicyclic) bond motifs is 1. The number of rotatable bonds is 7. The van der Waals surface area contributed by atoms with Gasteiger partial charge < -0.3 is 15.0 Å². The number of hydrogen-bond donors (Lipinski definition) is 1. The third-order valence-corrected chi connectivity index (χ3v) is 5.98. The predicted octanol–water partition coefficient (Wildman–Crippen LogP) is 4.49. The van der Waals surface area contributed by atoms with Crippen molar-refractivity contribution in [1.82, 2.24) is 14.8 Å². The predicted molar refractivity (Wildman–Crippen MR) is 128 cm³/mol. The molecule has 1 N–H and O–H groups in total. The molecule has 7 nitrogen and oxygen atoms in total. The minimum Gasteiger partial charge on any atom is -0.457 e. The summed E-state index contributed by atoms with van der Waals surface area (Å²) in [5.74, 6) is 1.12. The van der Waals surface area contributed by atoms with Crippen LogP contribution in [0.15, 0.2) is 71.0 Å². The number of nitrogens with zero attached hydrogens (tertiary/aromatic N) is 4. The molecule has 1 aliphatic heterocycles. The molecule has 1 aliphatic rings. The lowest BCUT2D eigenvalue weighted by molar-refractivity contribution is -0.140. The molecule has 0 fully saturated rings. The summed E-state index contributed by atoms with van der Waals surface area (Å²) in [5, 5.41) is 8.62. The van der Waals surface area contributed by atoms with Crippen LogP contribution >= 0.6 is 11.8 Å². The quantitative estimate of drug-likeness (QED) is 0.421. The lowest BCUT2D eigenvalue weighted by atomic mass is 9.95. The van der Waals surface area contributed by atoms with Gasteiger partial charge in [0.2, 0.25) is 11.1 Å². The first-order valence-corrected chi connectivity index (χ1v) is 11.5. The molecular weight excluding hydrogens is 422 g/mol. The maximum absolute atomic E-state index is 13.3. The Bertz CT molecular complexity index is 1120. The van der Waals surface area contributed by atoms with Crippen LogP contribution in [0.4, 0.5) is 11.6 Å². The van der Waals surface area contributed by atoms with Crippen LogP contribution in [0.3, 0.4) is 0 Å². The summed E-state index contributed by atoms with van der Waals surface area (Å²) in [5.41, 5.74) is 4.22. The minimum absolute atomic E-state index is 0.212. The molecule has 1 aromatic heterocycles. The first-order valence-electron chi connectivity index (χ1n) is 10.5. The van der Waals surface area contributed by atoms with E-state index in [-0.39, 0.29) is 12.6 Å². The van der Waals surface area contributed by atoms with Crippen molar-refractivity contribution in [2.75, 3.05) is 30.1 Å². The van der Waals surface area contributed by atoms with E-state index in [0.717, 1.165) is 28.3 Å². The Morgan fingerprint density at radius 2 is 1.88 bits per heavy atom. The summed E-state index contributed by atoms with van der Waals surface area (Å²) in [6.45, 7) is 4.15. The molecule has 4 rings (SSSR count). The average Bonchev–Trinajstić information content (AvgIpc) is 3.19. The lowest BCUT2D eigenvalue weighted by Crippen LogP contribution is -2.29. The van der Waals surface area contributed by atoms with E-state index in [2.05, 4.69) is 17.2 Å². The number of anilines is 2. The molecule has 3 aromatic rings. The number of esters is 1. The minimum atomic E-state index is -0.426. The Kier molecular flexibility index (Phi) is 6.50. The van der Waals surface area contributed by atoms with E-state index in [9.17, 15) is 4.79 Å². The van der Waals surface area contributed by atoms with E-state index in [4.69, 9.17) is 9.84 Å². The average molecular weight is 450 g/mol. The van der Waals surface area contributed by atoms with Gasteiger partial charge in [-0.3, -0.25) is 0 Å². The molecule has 0 saturated carbocycles. The summed E-state index contributed by atoms with van der Waals surface area (Å²) >= 11 is 1.57. The van der Waals surface area contributed by atoms with Crippen LogP contribution in [0.1, 0.15) is 31.0 Å². The van der Waals surface area contributed by atoms with Gasteiger partial charge in [-0.2, -0.15) is 4.98 Å². The van der Waals surface area contributed by atoms with Gasteiger partial charge in [0.1, 0.15) is 12.6 Å². The molecular formula is C24H27N5O2S. The Morgan fingerprint density at radius 1 is 1.16 bits per heavy atom. The van der Waals surface area contributed by atoms with E-state index < -0.39 is 6.04 Å². The highest BCUT2D eigenvalue weighted by atomic mass is 32.2. The van der Waals surface area contributed by atoms with Gasteiger partial charge in [0.05, 0.1) is 5.57 Å². The van der Waals surface area contributed by atoms with Crippen molar-refractivity contribution in [1.29, 1.82) is 0 Å². The zero-order valence-corrected chi connectivity index (χ0v) is 19.5. The lowest BCUT2D eigenvalue weighted by Gasteiger charge is -2.28. The number of allylic oxidation sites excluding steroid dienone is 1. The normalized spacial score (nSPS) is 15.2. The largest absolute Gasteiger partial charge is 0.457 e. The summed E-state index contributed by atoms with van der Waals surface area (Å²) < 4.78 is 7.50. The monoisotopic (exact) mass is 449 g/mol. The number of nitrogens with one attached hydrogen (secondary N) is 1. The third-order valence-electron chi connectivity index (χ3n) is 5.26. The molecule has 0 aliphatic carbocycles. The molecule has 2 heterocycles. The van der Waals surface area contributed by atoms with Crippen molar-refractivity contribution in [2.24, 2.45) is 0 Å². The smallest absolute Gasteiger partial charge is 0.338 e. The van der Waals surface area contributed by atoms with Crippen molar-refractivity contribution >= 4 is 29.4 Å². The number of ether oxygens (including phenoxy) is 1. The maximum atomic E-state index is 13.3. The Labute approximate surface area is 192 Å². The van der Waals surface area contributed by atoms with E-state index in [1.54, 1.807) is 16.4 Å². The molecule has 2 aromatic carbocycles. The van der Waals surface area contributed by atoms with Crippen molar-refractivity contribution in [2.45, 2.75) is 31.7 Å². The standard InChI is InChI=1S/C24H27N5O2S/c1-5-32-24-26-23-25-16(2)20(22(30)31-15-17-9-7-6-8-10-17)21(29(23)27-24)18-11-13-19(14-12-18)28(3)4/h6-14,21H,5,15H2,1-4H3,(H,25,26,27). The fourth-order valence-electron chi connectivity index (χ4n) is 3.65. The molecule has 1 atom stereocenters. The zero-order valence-electron chi connectivity index (χ0n) is 18.7. The second-order valence-electron chi connectivity index (χ2n) is 7.71. The third kappa shape index (κ3) is 4.50. The van der Waals surface area contributed by atoms with Gasteiger partial charge >= 0.3 is 5.97 Å². The SMILES string of the molecule is CCSc1nc2n(n1)C(c1ccc(N(C)C)cc1)C(C(=O)OCc1ccccc1)=C(C)N2. The molecule has 1 unspecified atom stereocenters. The highest BCUT2D eigenvalue weighted by Crippen LogP contribution is 2.37. The molecule has 8 heteroatoms. The van der Waals surface area contributed by atoms with Crippen LogP contribution in [0.2, 0.25) is 0 Å². The first-order chi connectivity index (χ1) is 15.5. The molecule has 0 saturated heterocycles. The number of carbonyl (C=O) groups excluding carboxylic acids is 1. The van der Waals surface area contributed by atoms with Crippen molar-refractivity contribution in [3.05, 3.63) is 77.0 Å². The highest BCUT2D eigenvalue weighted by molar-refractivity contribution is 7.99. The van der Waals surface area contributed by atoms with Crippen LogP contribution < -0.4 is 10.2 Å². The summed E-state index contributed by atoms with van der Waals surface area (Å²) in [6.07, 6.45) is 0. The van der Waals surface area contributed by atoms with Gasteiger partial charge in [-0.25, -0.2) is 9.48 Å². The van der Waals surface area contributed by atoms with E-state index in [1.807, 2.05) is 80.5 Å². The zero-order chi connectivity index (χ0) is 22.7. The molecule has 32 heavy (non-hydrogen) atoms. The number of hydrogen-bond acceptors (Lipinski definition) is 7. The van der Waals surface area contributed by atoms with Crippen molar-refractivity contribution in [3.8, 4) is 0 Å². The second-order valence-corrected chi connectivity index (χ2v) is 8.94. The Morgan fingerprint density at radius 3 is 2.53 bits per heavy atom. The fourth-order valence-corrected chi connectivity index (χ4v) is 4.20. The van der Waals surface area contributed by atoms with Gasteiger partial charge in [0.25, 0.3) is 0 Å². The van der Waals surface area contributed by atoms with E-state index in [0.29, 0.717) is 16.7 Å². The number of benzene rings is 2. The number of carbonyl (C=O) groups is 1. The van der Waals surface area contributed by atoms with Crippen molar-refractivity contribution < 1.29 is 9.53 Å². The molecule has 0 radical (unpaired) electrons. The summed E-state index contributed by atoms with van der Waals surface area (Å²) in [7, 11) is 4.00. The van der Waals surface area contributed by atoms with Gasteiger partial charge in [-0.15, -0.1) is 5.10 Å². The molecule has 0 spiro atoms. The highest BCUT2D eigenvalue weighted by Gasteiger charge is 2.35. The van der Waals surface area contributed by atoms with Crippen molar-refractivity contribution in [3.63, 3.8) is 0 Å². The van der Waals surface area contributed by atoms with Crippen LogP contribution in [0.5, 0.6) is 0 Å². The van der Waals surface area contributed by atoms with Crippen LogP contribution in [0.25, 0.3) is 0 Å². The summed E-state index contributed by atoms with van der Waals surface area (Å²) in [6, 6.07) is 17.4. The van der Waals surface area contributed by atoms with Crippen LogP contribution in [-0.2, 0) is 16.1 Å². The van der Waals surface area contributed by atoms with Gasteiger partial charge in [0, 0.05) is 25.5 Å². The molecule has 0 bridgehead atoms. The van der Waals surface area contributed by atoms with E-state index in [1.165, 1.54) is 0 Å². The second kappa shape index (κ2) is 9.48. The Hall–Kier alpha value is -3.26.